The van der Waals surface area contributed by atoms with Gasteiger partial charge in [-0.2, -0.15) is 5.10 Å². The van der Waals surface area contributed by atoms with Crippen LogP contribution in [0.25, 0.3) is 0 Å². The van der Waals surface area contributed by atoms with E-state index >= 15 is 0 Å². The monoisotopic (exact) mass is 454 g/mol. The van der Waals surface area contributed by atoms with E-state index in [2.05, 4.69) is 10.5 Å². The van der Waals surface area contributed by atoms with Gasteiger partial charge >= 0.3 is 0 Å². The number of thioether (sulfide) groups is 1. The minimum atomic E-state index is -0.170. The molecule has 0 unspecified atom stereocenters. The van der Waals surface area contributed by atoms with Gasteiger partial charge in [0.15, 0.2) is 11.5 Å². The molecule has 0 bridgehead atoms. The third-order valence-electron chi connectivity index (χ3n) is 4.29. The molecular formula is C24H23ClN2O3S. The average Bonchev–Trinajstić information content (AvgIpc) is 2.78. The highest BCUT2D eigenvalue weighted by Gasteiger charge is 2.06. The molecule has 5 nitrogen and oxygen atoms in total. The van der Waals surface area contributed by atoms with Crippen molar-refractivity contribution in [2.24, 2.45) is 5.10 Å². The molecule has 0 aliphatic heterocycles. The third-order valence-corrected chi connectivity index (χ3v) is 5.55. The summed E-state index contributed by atoms with van der Waals surface area (Å²) in [5, 5.41) is 4.71. The Balaban J connectivity index is 1.51. The number of halogens is 1. The second-order valence-electron chi connectivity index (χ2n) is 6.72. The molecule has 0 atom stereocenters. The van der Waals surface area contributed by atoms with Crippen molar-refractivity contribution >= 4 is 35.5 Å². The van der Waals surface area contributed by atoms with Gasteiger partial charge in [-0.05, 0) is 60.5 Å². The number of aryl methyl sites for hydroxylation is 1. The number of hydrazone groups is 1. The molecule has 0 aliphatic carbocycles. The maximum atomic E-state index is 12.0. The Morgan fingerprint density at radius 2 is 1.81 bits per heavy atom. The molecule has 0 spiro atoms. The number of nitrogens with zero attached hydrogens (tertiary/aromatic N) is 1. The van der Waals surface area contributed by atoms with Crippen LogP contribution in [0.1, 0.15) is 16.7 Å². The van der Waals surface area contributed by atoms with E-state index < -0.39 is 0 Å². The van der Waals surface area contributed by atoms with Gasteiger partial charge in [-0.3, -0.25) is 4.79 Å². The molecule has 160 valence electrons. The highest BCUT2D eigenvalue weighted by atomic mass is 35.5. The fourth-order valence-corrected chi connectivity index (χ4v) is 3.44. The highest BCUT2D eigenvalue weighted by Crippen LogP contribution is 2.28. The van der Waals surface area contributed by atoms with Crippen LogP contribution in [-0.4, -0.2) is 25.0 Å². The number of carbonyl (C=O) groups excluding carboxylic acids is 1. The van der Waals surface area contributed by atoms with E-state index in [4.69, 9.17) is 21.1 Å². The maximum Gasteiger partial charge on any atom is 0.250 e. The van der Waals surface area contributed by atoms with Gasteiger partial charge in [0.2, 0.25) is 5.91 Å². The summed E-state index contributed by atoms with van der Waals surface area (Å²) in [4.78, 5) is 13.0. The van der Waals surface area contributed by atoms with Gasteiger partial charge in [0, 0.05) is 9.92 Å². The molecule has 0 aliphatic rings. The first-order valence-electron chi connectivity index (χ1n) is 9.60. The Morgan fingerprint density at radius 1 is 1.06 bits per heavy atom. The largest absolute Gasteiger partial charge is 0.493 e. The van der Waals surface area contributed by atoms with Gasteiger partial charge in [-0.15, -0.1) is 11.8 Å². The number of rotatable bonds is 9. The van der Waals surface area contributed by atoms with Gasteiger partial charge in [-0.1, -0.05) is 41.4 Å². The van der Waals surface area contributed by atoms with Crippen LogP contribution >= 0.6 is 23.4 Å². The zero-order valence-corrected chi connectivity index (χ0v) is 18.9. The zero-order chi connectivity index (χ0) is 22.1. The molecule has 1 N–H and O–H groups in total. The number of hydrogen-bond acceptors (Lipinski definition) is 5. The Labute approximate surface area is 191 Å². The number of methoxy groups -OCH3 is 1. The van der Waals surface area contributed by atoms with Crippen LogP contribution in [0.5, 0.6) is 11.5 Å². The second kappa shape index (κ2) is 11.4. The highest BCUT2D eigenvalue weighted by molar-refractivity contribution is 8.00. The number of hydrogen-bond donors (Lipinski definition) is 1. The Bertz CT molecular complexity index is 1040. The first-order chi connectivity index (χ1) is 15.0. The molecule has 0 heterocycles. The molecule has 0 saturated carbocycles. The lowest BCUT2D eigenvalue weighted by molar-refractivity contribution is -0.118. The van der Waals surface area contributed by atoms with Gasteiger partial charge in [0.1, 0.15) is 6.61 Å². The SMILES string of the molecule is COc1cc(/C=N/NC(=O)CSc2ccc(C)cc2)ccc1OCc1ccc(Cl)cc1. The number of carbonyl (C=O) groups is 1. The van der Waals surface area contributed by atoms with E-state index in [0.29, 0.717) is 28.9 Å². The predicted molar refractivity (Wildman–Crippen MR) is 126 cm³/mol. The fourth-order valence-electron chi connectivity index (χ4n) is 2.62. The van der Waals surface area contributed by atoms with E-state index in [1.54, 1.807) is 19.4 Å². The van der Waals surface area contributed by atoms with Crippen molar-refractivity contribution in [2.45, 2.75) is 18.4 Å². The summed E-state index contributed by atoms with van der Waals surface area (Å²) in [5.74, 6) is 1.32. The van der Waals surface area contributed by atoms with Crippen LogP contribution in [0.2, 0.25) is 5.02 Å². The van der Waals surface area contributed by atoms with Crippen molar-refractivity contribution in [1.29, 1.82) is 0 Å². The Hall–Kier alpha value is -2.96. The normalized spacial score (nSPS) is 10.8. The molecule has 7 heteroatoms. The third kappa shape index (κ3) is 7.35. The average molecular weight is 455 g/mol. The number of benzene rings is 3. The van der Waals surface area contributed by atoms with E-state index in [9.17, 15) is 4.79 Å². The van der Waals surface area contributed by atoms with Gasteiger partial charge in [0.25, 0.3) is 0 Å². The quantitative estimate of drug-likeness (QED) is 0.264. The molecule has 3 aromatic rings. The Kier molecular flexibility index (Phi) is 8.38. The summed E-state index contributed by atoms with van der Waals surface area (Å²) >= 11 is 7.37. The van der Waals surface area contributed by atoms with Gasteiger partial charge in [0.05, 0.1) is 19.1 Å². The lowest BCUT2D eigenvalue weighted by Crippen LogP contribution is -2.19. The van der Waals surface area contributed by atoms with Crippen LogP contribution in [0.3, 0.4) is 0 Å². The van der Waals surface area contributed by atoms with E-state index in [0.717, 1.165) is 16.0 Å². The molecule has 0 saturated heterocycles. The summed E-state index contributed by atoms with van der Waals surface area (Å²) in [6, 6.07) is 21.0. The van der Waals surface area contributed by atoms with E-state index in [-0.39, 0.29) is 5.91 Å². The first-order valence-corrected chi connectivity index (χ1v) is 11.0. The standard InChI is InChI=1S/C24H23ClN2O3S/c1-17-3-10-21(11-4-17)31-16-24(28)27-26-14-19-7-12-22(23(13-19)29-2)30-15-18-5-8-20(25)9-6-18/h3-14H,15-16H2,1-2H3,(H,27,28)/b26-14+. The number of nitrogens with one attached hydrogen (secondary N) is 1. The summed E-state index contributed by atoms with van der Waals surface area (Å²) in [6.07, 6.45) is 1.57. The van der Waals surface area contributed by atoms with Gasteiger partial charge in [-0.25, -0.2) is 5.43 Å². The Morgan fingerprint density at radius 3 is 2.52 bits per heavy atom. The fraction of sp³-hybridized carbons (Fsp3) is 0.167. The predicted octanol–water partition coefficient (Wildman–Crippen LogP) is 5.48. The molecule has 3 aromatic carbocycles. The maximum absolute atomic E-state index is 12.0. The minimum absolute atomic E-state index is 0.170. The van der Waals surface area contributed by atoms with Crippen molar-refractivity contribution in [2.75, 3.05) is 12.9 Å². The number of amides is 1. The topological polar surface area (TPSA) is 59.9 Å². The van der Waals surface area contributed by atoms with Crippen molar-refractivity contribution in [3.8, 4) is 11.5 Å². The van der Waals surface area contributed by atoms with E-state index in [1.165, 1.54) is 17.3 Å². The molecular weight excluding hydrogens is 432 g/mol. The second-order valence-corrected chi connectivity index (χ2v) is 8.21. The summed E-state index contributed by atoms with van der Waals surface area (Å²) < 4.78 is 11.3. The first kappa shape index (κ1) is 22.7. The van der Waals surface area contributed by atoms with Crippen LogP contribution in [-0.2, 0) is 11.4 Å². The molecule has 0 fully saturated rings. The minimum Gasteiger partial charge on any atom is -0.493 e. The van der Waals surface area contributed by atoms with Crippen LogP contribution in [0.4, 0.5) is 0 Å². The molecule has 0 radical (unpaired) electrons. The van der Waals surface area contributed by atoms with Crippen molar-refractivity contribution < 1.29 is 14.3 Å². The van der Waals surface area contributed by atoms with Crippen molar-refractivity contribution in [3.63, 3.8) is 0 Å². The summed E-state index contributed by atoms with van der Waals surface area (Å²) in [5.41, 5.74) is 5.52. The van der Waals surface area contributed by atoms with Crippen molar-refractivity contribution in [1.82, 2.24) is 5.43 Å². The van der Waals surface area contributed by atoms with Crippen LogP contribution < -0.4 is 14.9 Å². The molecule has 3 rings (SSSR count). The molecule has 1 amide bonds. The van der Waals surface area contributed by atoms with Crippen LogP contribution in [0, 0.1) is 6.92 Å². The van der Waals surface area contributed by atoms with E-state index in [1.807, 2.05) is 67.6 Å². The van der Waals surface area contributed by atoms with Crippen molar-refractivity contribution in [3.05, 3.63) is 88.4 Å². The smallest absolute Gasteiger partial charge is 0.250 e. The summed E-state index contributed by atoms with van der Waals surface area (Å²) in [6.45, 7) is 2.43. The molecule has 0 aromatic heterocycles. The lowest BCUT2D eigenvalue weighted by atomic mass is 10.2. The number of ether oxygens (including phenoxy) is 2. The lowest BCUT2D eigenvalue weighted by Gasteiger charge is -2.11. The van der Waals surface area contributed by atoms with Gasteiger partial charge < -0.3 is 9.47 Å². The summed E-state index contributed by atoms with van der Waals surface area (Å²) in [7, 11) is 1.58. The zero-order valence-electron chi connectivity index (χ0n) is 17.3. The molecule has 31 heavy (non-hydrogen) atoms. The van der Waals surface area contributed by atoms with Crippen LogP contribution in [0.15, 0.2) is 76.7 Å².